The van der Waals surface area contributed by atoms with Crippen LogP contribution in [0.25, 0.3) is 22.4 Å². The summed E-state index contributed by atoms with van der Waals surface area (Å²) in [6, 6.07) is 16.4. The number of imidazole rings is 1. The zero-order chi connectivity index (χ0) is 16.1. The number of hydrogen-bond acceptors (Lipinski definition) is 2. The lowest BCUT2D eigenvalue weighted by Crippen LogP contribution is -2.14. The lowest BCUT2D eigenvalue weighted by Gasteiger charge is -2.04. The summed E-state index contributed by atoms with van der Waals surface area (Å²) in [5, 5.41) is 4.10. The number of nitrogens with zero attached hydrogens (tertiary/aromatic N) is 1. The Morgan fingerprint density at radius 2 is 1.57 bits per heavy atom. The van der Waals surface area contributed by atoms with Gasteiger partial charge in [-0.05, 0) is 41.8 Å². The van der Waals surface area contributed by atoms with Crippen LogP contribution in [0.1, 0.15) is 19.2 Å². The number of benzene rings is 2. The van der Waals surface area contributed by atoms with Crippen LogP contribution in [0.15, 0.2) is 54.7 Å². The third-order valence-corrected chi connectivity index (χ3v) is 3.97. The molecule has 1 aromatic heterocycles. The molecule has 3 rings (SSSR count). The maximum absolute atomic E-state index is 5.94. The molecule has 2 N–H and O–H groups in total. The van der Waals surface area contributed by atoms with Gasteiger partial charge >= 0.3 is 0 Å². The highest BCUT2D eigenvalue weighted by Crippen LogP contribution is 2.25. The van der Waals surface area contributed by atoms with Crippen molar-refractivity contribution in [2.75, 3.05) is 6.54 Å². The van der Waals surface area contributed by atoms with Crippen LogP contribution in [0.3, 0.4) is 0 Å². The van der Waals surface area contributed by atoms with E-state index in [1.165, 1.54) is 5.56 Å². The van der Waals surface area contributed by atoms with E-state index in [4.69, 9.17) is 11.6 Å². The summed E-state index contributed by atoms with van der Waals surface area (Å²) < 4.78 is 0. The lowest BCUT2D eigenvalue weighted by molar-refractivity contribution is 0.655. The van der Waals surface area contributed by atoms with Crippen molar-refractivity contribution in [1.82, 2.24) is 15.3 Å². The molecule has 1 heterocycles. The molecule has 3 aromatic rings. The van der Waals surface area contributed by atoms with Gasteiger partial charge in [-0.3, -0.25) is 0 Å². The van der Waals surface area contributed by atoms with Gasteiger partial charge in [-0.1, -0.05) is 54.9 Å². The summed E-state index contributed by atoms with van der Waals surface area (Å²) in [4.78, 5) is 7.79. The molecule has 0 unspecified atom stereocenters. The monoisotopic (exact) mass is 325 g/mol. The molecule has 3 nitrogen and oxygen atoms in total. The fourth-order valence-corrected chi connectivity index (χ4v) is 2.59. The fourth-order valence-electron chi connectivity index (χ4n) is 2.47. The normalized spacial score (nSPS) is 10.9. The minimum absolute atomic E-state index is 0.757. The van der Waals surface area contributed by atoms with E-state index < -0.39 is 0 Å². The number of aromatic nitrogens is 2. The van der Waals surface area contributed by atoms with Crippen LogP contribution in [-0.4, -0.2) is 16.5 Å². The molecule has 0 bridgehead atoms. The Balaban J connectivity index is 1.73. The minimum Gasteiger partial charge on any atom is -0.341 e. The molecule has 0 spiro atoms. The number of rotatable bonds is 6. The first-order valence-corrected chi connectivity index (χ1v) is 8.25. The van der Waals surface area contributed by atoms with Crippen molar-refractivity contribution in [2.24, 2.45) is 0 Å². The molecule has 0 aliphatic rings. The van der Waals surface area contributed by atoms with Crippen LogP contribution >= 0.6 is 11.6 Å². The van der Waals surface area contributed by atoms with E-state index in [1.807, 2.05) is 30.5 Å². The van der Waals surface area contributed by atoms with Crippen molar-refractivity contribution in [3.63, 3.8) is 0 Å². The van der Waals surface area contributed by atoms with Gasteiger partial charge in [0.1, 0.15) is 5.82 Å². The number of halogens is 1. The van der Waals surface area contributed by atoms with E-state index in [0.717, 1.165) is 47.2 Å². The van der Waals surface area contributed by atoms with Gasteiger partial charge in [0, 0.05) is 5.02 Å². The summed E-state index contributed by atoms with van der Waals surface area (Å²) in [7, 11) is 0. The Bertz CT molecular complexity index is 745. The first kappa shape index (κ1) is 15.8. The smallest absolute Gasteiger partial charge is 0.120 e. The Kier molecular flexibility index (Phi) is 5.11. The molecule has 0 amide bonds. The van der Waals surface area contributed by atoms with Crippen molar-refractivity contribution >= 4 is 11.6 Å². The van der Waals surface area contributed by atoms with E-state index in [0.29, 0.717) is 0 Å². The van der Waals surface area contributed by atoms with Gasteiger partial charge in [0.25, 0.3) is 0 Å². The molecule has 0 atom stereocenters. The maximum atomic E-state index is 5.94. The van der Waals surface area contributed by atoms with Gasteiger partial charge in [-0.25, -0.2) is 4.98 Å². The Labute approximate surface area is 141 Å². The van der Waals surface area contributed by atoms with Crippen molar-refractivity contribution < 1.29 is 0 Å². The zero-order valence-corrected chi connectivity index (χ0v) is 13.9. The van der Waals surface area contributed by atoms with Crippen LogP contribution in [0.2, 0.25) is 5.02 Å². The fraction of sp³-hybridized carbons (Fsp3) is 0.211. The number of aromatic amines is 1. The minimum atomic E-state index is 0.757. The third kappa shape index (κ3) is 4.01. The molecule has 0 aliphatic heterocycles. The molecular formula is C19H20ClN3. The summed E-state index contributed by atoms with van der Waals surface area (Å²) in [5.41, 5.74) is 4.52. The average molecular weight is 326 g/mol. The second-order valence-corrected chi connectivity index (χ2v) is 5.94. The summed E-state index contributed by atoms with van der Waals surface area (Å²) in [6.07, 6.45) is 3.01. The van der Waals surface area contributed by atoms with Crippen molar-refractivity contribution in [3.8, 4) is 22.4 Å². The van der Waals surface area contributed by atoms with Gasteiger partial charge < -0.3 is 10.3 Å². The first-order valence-electron chi connectivity index (χ1n) is 7.87. The first-order chi connectivity index (χ1) is 11.3. The van der Waals surface area contributed by atoms with Crippen LogP contribution in [-0.2, 0) is 6.54 Å². The van der Waals surface area contributed by atoms with E-state index in [-0.39, 0.29) is 0 Å². The molecule has 2 aromatic carbocycles. The van der Waals surface area contributed by atoms with E-state index in [1.54, 1.807) is 0 Å². The van der Waals surface area contributed by atoms with E-state index in [9.17, 15) is 0 Å². The predicted octanol–water partition coefficient (Wildman–Crippen LogP) is 4.90. The van der Waals surface area contributed by atoms with Gasteiger partial charge in [-0.15, -0.1) is 0 Å². The van der Waals surface area contributed by atoms with Gasteiger partial charge in [-0.2, -0.15) is 0 Å². The molecule has 23 heavy (non-hydrogen) atoms. The van der Waals surface area contributed by atoms with Gasteiger partial charge in [0.05, 0.1) is 18.4 Å². The van der Waals surface area contributed by atoms with Crippen molar-refractivity contribution in [2.45, 2.75) is 19.9 Å². The average Bonchev–Trinajstić information content (AvgIpc) is 3.05. The molecular weight excluding hydrogens is 306 g/mol. The van der Waals surface area contributed by atoms with Crippen LogP contribution < -0.4 is 5.32 Å². The number of H-pyrrole nitrogens is 1. The second kappa shape index (κ2) is 7.44. The SMILES string of the molecule is CCCNCc1ncc(-c2ccc(-c3ccc(Cl)cc3)cc2)[nH]1. The lowest BCUT2D eigenvalue weighted by atomic mass is 10.0. The van der Waals surface area contributed by atoms with Crippen molar-refractivity contribution in [1.29, 1.82) is 0 Å². The number of hydrogen-bond donors (Lipinski definition) is 2. The highest BCUT2D eigenvalue weighted by molar-refractivity contribution is 6.30. The second-order valence-electron chi connectivity index (χ2n) is 5.50. The standard InChI is InChI=1S/C19H20ClN3/c1-2-11-21-13-19-22-12-18(23-19)16-5-3-14(4-6-16)15-7-9-17(20)10-8-15/h3-10,12,21H,2,11,13H2,1H3,(H,22,23). The Hall–Kier alpha value is -2.10. The molecule has 0 radical (unpaired) electrons. The maximum Gasteiger partial charge on any atom is 0.120 e. The van der Waals surface area contributed by atoms with E-state index in [2.05, 4.69) is 46.5 Å². The highest BCUT2D eigenvalue weighted by Gasteiger charge is 2.04. The molecule has 0 fully saturated rings. The van der Waals surface area contributed by atoms with Gasteiger partial charge in [0.15, 0.2) is 0 Å². The molecule has 4 heteroatoms. The summed E-state index contributed by atoms with van der Waals surface area (Å²) in [5.74, 6) is 0.968. The molecule has 118 valence electrons. The topological polar surface area (TPSA) is 40.7 Å². The van der Waals surface area contributed by atoms with Crippen LogP contribution in [0.4, 0.5) is 0 Å². The Morgan fingerprint density at radius 3 is 2.22 bits per heavy atom. The number of nitrogens with one attached hydrogen (secondary N) is 2. The molecule has 0 saturated carbocycles. The molecule has 0 saturated heterocycles. The van der Waals surface area contributed by atoms with E-state index >= 15 is 0 Å². The quantitative estimate of drug-likeness (QED) is 0.633. The van der Waals surface area contributed by atoms with Crippen molar-refractivity contribution in [3.05, 3.63) is 65.6 Å². The van der Waals surface area contributed by atoms with Crippen LogP contribution in [0.5, 0.6) is 0 Å². The largest absolute Gasteiger partial charge is 0.341 e. The summed E-state index contributed by atoms with van der Waals surface area (Å²) in [6.45, 7) is 3.94. The van der Waals surface area contributed by atoms with Crippen LogP contribution in [0, 0.1) is 0 Å². The van der Waals surface area contributed by atoms with Gasteiger partial charge in [0.2, 0.25) is 0 Å². The Morgan fingerprint density at radius 1 is 0.957 bits per heavy atom. The third-order valence-electron chi connectivity index (χ3n) is 3.72. The zero-order valence-electron chi connectivity index (χ0n) is 13.1. The highest BCUT2D eigenvalue weighted by atomic mass is 35.5. The summed E-state index contributed by atoms with van der Waals surface area (Å²) >= 11 is 5.94. The molecule has 0 aliphatic carbocycles. The predicted molar refractivity (Wildman–Crippen MR) is 96.5 cm³/mol.